The Morgan fingerprint density at radius 2 is 2.18 bits per heavy atom. The van der Waals surface area contributed by atoms with E-state index in [1.807, 2.05) is 19.1 Å². The lowest BCUT2D eigenvalue weighted by Crippen LogP contribution is -2.52. The second-order valence-electron chi connectivity index (χ2n) is 4.70. The van der Waals surface area contributed by atoms with Crippen LogP contribution in [0.15, 0.2) is 12.1 Å². The van der Waals surface area contributed by atoms with Crippen LogP contribution < -0.4 is 11.1 Å². The summed E-state index contributed by atoms with van der Waals surface area (Å²) in [5, 5.41) is 2.98. The van der Waals surface area contributed by atoms with E-state index in [2.05, 4.69) is 5.32 Å². The van der Waals surface area contributed by atoms with E-state index in [0.29, 0.717) is 0 Å². The molecule has 0 aromatic carbocycles. The first kappa shape index (κ1) is 12.9. The van der Waals surface area contributed by atoms with E-state index in [1.54, 1.807) is 0 Å². The maximum absolute atomic E-state index is 12.1. The van der Waals surface area contributed by atoms with Gasteiger partial charge in [-0.2, -0.15) is 0 Å². The molecule has 0 bridgehead atoms. The molecule has 3 nitrogen and oxygen atoms in total. The van der Waals surface area contributed by atoms with Gasteiger partial charge in [-0.3, -0.25) is 4.79 Å². The number of thiophene rings is 1. The molecule has 0 saturated heterocycles. The quantitative estimate of drug-likeness (QED) is 0.889. The summed E-state index contributed by atoms with van der Waals surface area (Å²) in [5.41, 5.74) is 5.44. The molecular formula is C12H17ClN2OS. The summed E-state index contributed by atoms with van der Waals surface area (Å²) >= 11 is 7.37. The maximum atomic E-state index is 12.1. The number of hydrogen-bond donors (Lipinski definition) is 2. The molecule has 1 aliphatic rings. The van der Waals surface area contributed by atoms with Crippen LogP contribution in [0.25, 0.3) is 0 Å². The van der Waals surface area contributed by atoms with Gasteiger partial charge >= 0.3 is 0 Å². The van der Waals surface area contributed by atoms with E-state index < -0.39 is 5.54 Å². The molecule has 1 amide bonds. The Labute approximate surface area is 110 Å². The fourth-order valence-corrected chi connectivity index (χ4v) is 3.27. The normalized spacial score (nSPS) is 20.2. The minimum atomic E-state index is -0.657. The van der Waals surface area contributed by atoms with Crippen molar-refractivity contribution in [1.82, 2.24) is 5.32 Å². The highest BCUT2D eigenvalue weighted by molar-refractivity contribution is 7.16. The highest BCUT2D eigenvalue weighted by Gasteiger charge is 2.37. The first-order valence-electron chi connectivity index (χ1n) is 5.86. The fourth-order valence-electron chi connectivity index (χ4n) is 2.21. The Hall–Kier alpha value is -0.580. The molecule has 0 spiro atoms. The monoisotopic (exact) mass is 272 g/mol. The van der Waals surface area contributed by atoms with E-state index in [4.69, 9.17) is 17.3 Å². The van der Waals surface area contributed by atoms with Crippen LogP contribution in [-0.4, -0.2) is 11.4 Å². The summed E-state index contributed by atoms with van der Waals surface area (Å²) in [5.74, 6) is -0.0352. The smallest absolute Gasteiger partial charge is 0.240 e. The van der Waals surface area contributed by atoms with Gasteiger partial charge in [-0.25, -0.2) is 0 Å². The Bertz CT molecular complexity index is 412. The van der Waals surface area contributed by atoms with Crippen molar-refractivity contribution < 1.29 is 4.79 Å². The van der Waals surface area contributed by atoms with E-state index in [9.17, 15) is 4.79 Å². The zero-order valence-electron chi connectivity index (χ0n) is 9.83. The molecule has 3 N–H and O–H groups in total. The molecule has 1 saturated carbocycles. The van der Waals surface area contributed by atoms with Gasteiger partial charge in [0.05, 0.1) is 15.9 Å². The van der Waals surface area contributed by atoms with Crippen molar-refractivity contribution in [3.63, 3.8) is 0 Å². The van der Waals surface area contributed by atoms with Crippen molar-refractivity contribution in [1.29, 1.82) is 0 Å². The molecule has 2 rings (SSSR count). The van der Waals surface area contributed by atoms with Gasteiger partial charge in [0.25, 0.3) is 0 Å². The van der Waals surface area contributed by atoms with Gasteiger partial charge in [0, 0.05) is 4.88 Å². The molecule has 1 heterocycles. The van der Waals surface area contributed by atoms with Crippen LogP contribution in [0.4, 0.5) is 0 Å². The predicted octanol–water partition coefficient (Wildman–Crippen LogP) is 2.85. The molecule has 17 heavy (non-hydrogen) atoms. The minimum absolute atomic E-state index is 0.0268. The van der Waals surface area contributed by atoms with E-state index in [0.717, 1.165) is 34.9 Å². The lowest BCUT2D eigenvalue weighted by molar-refractivity contribution is -0.126. The Morgan fingerprint density at radius 1 is 1.53 bits per heavy atom. The predicted molar refractivity (Wildman–Crippen MR) is 71.3 cm³/mol. The largest absolute Gasteiger partial charge is 0.347 e. The number of amides is 1. The zero-order chi connectivity index (χ0) is 12.5. The van der Waals surface area contributed by atoms with E-state index in [-0.39, 0.29) is 11.9 Å². The highest BCUT2D eigenvalue weighted by Crippen LogP contribution is 2.30. The average Bonchev–Trinajstić information content (AvgIpc) is 2.88. The third-order valence-electron chi connectivity index (χ3n) is 3.32. The number of rotatable bonds is 3. The minimum Gasteiger partial charge on any atom is -0.347 e. The lowest BCUT2D eigenvalue weighted by Gasteiger charge is -2.24. The summed E-state index contributed by atoms with van der Waals surface area (Å²) in [4.78, 5) is 13.2. The van der Waals surface area contributed by atoms with E-state index in [1.165, 1.54) is 11.3 Å². The topological polar surface area (TPSA) is 55.1 Å². The molecule has 1 unspecified atom stereocenters. The maximum Gasteiger partial charge on any atom is 0.240 e. The summed E-state index contributed by atoms with van der Waals surface area (Å²) in [6.45, 7) is 1.96. The van der Waals surface area contributed by atoms with E-state index >= 15 is 0 Å². The molecule has 1 aliphatic carbocycles. The van der Waals surface area contributed by atoms with Crippen LogP contribution in [0.2, 0.25) is 4.34 Å². The lowest BCUT2D eigenvalue weighted by atomic mass is 9.97. The van der Waals surface area contributed by atoms with Crippen molar-refractivity contribution in [3.05, 3.63) is 21.3 Å². The third kappa shape index (κ3) is 2.81. The zero-order valence-corrected chi connectivity index (χ0v) is 11.4. The van der Waals surface area contributed by atoms with Gasteiger partial charge < -0.3 is 11.1 Å². The molecule has 1 fully saturated rings. The van der Waals surface area contributed by atoms with Crippen LogP contribution in [0.1, 0.15) is 43.5 Å². The van der Waals surface area contributed by atoms with Gasteiger partial charge in [0.1, 0.15) is 0 Å². The second-order valence-corrected chi connectivity index (χ2v) is 6.45. The first-order chi connectivity index (χ1) is 8.01. The number of hydrogen-bond acceptors (Lipinski definition) is 3. The number of carbonyl (C=O) groups is 1. The summed E-state index contributed by atoms with van der Waals surface area (Å²) in [6, 6.07) is 3.76. The van der Waals surface area contributed by atoms with Crippen LogP contribution in [-0.2, 0) is 4.79 Å². The van der Waals surface area contributed by atoms with Gasteiger partial charge in [-0.1, -0.05) is 24.4 Å². The third-order valence-corrected chi connectivity index (χ3v) is 4.73. The van der Waals surface area contributed by atoms with Crippen molar-refractivity contribution in [2.75, 3.05) is 0 Å². The molecule has 1 aromatic heterocycles. The van der Waals surface area contributed by atoms with Gasteiger partial charge in [0.2, 0.25) is 5.91 Å². The molecular weight excluding hydrogens is 256 g/mol. The van der Waals surface area contributed by atoms with Gasteiger partial charge in [-0.15, -0.1) is 11.3 Å². The fraction of sp³-hybridized carbons (Fsp3) is 0.583. The first-order valence-corrected chi connectivity index (χ1v) is 7.06. The van der Waals surface area contributed by atoms with Crippen molar-refractivity contribution in [3.8, 4) is 0 Å². The van der Waals surface area contributed by atoms with Gasteiger partial charge in [-0.05, 0) is 31.9 Å². The van der Waals surface area contributed by atoms with Crippen LogP contribution in [0.5, 0.6) is 0 Å². The molecule has 5 heteroatoms. The van der Waals surface area contributed by atoms with Gasteiger partial charge in [0.15, 0.2) is 0 Å². The number of nitrogens with one attached hydrogen (secondary N) is 1. The molecule has 0 aliphatic heterocycles. The molecule has 94 valence electrons. The second kappa shape index (κ2) is 4.96. The molecule has 0 radical (unpaired) electrons. The van der Waals surface area contributed by atoms with Crippen LogP contribution in [0, 0.1) is 0 Å². The van der Waals surface area contributed by atoms with Crippen LogP contribution in [0.3, 0.4) is 0 Å². The number of nitrogens with two attached hydrogens (primary N) is 1. The highest BCUT2D eigenvalue weighted by atomic mass is 35.5. The number of halogens is 1. The van der Waals surface area contributed by atoms with Crippen molar-refractivity contribution in [2.45, 2.75) is 44.2 Å². The summed E-state index contributed by atoms with van der Waals surface area (Å²) < 4.78 is 0.740. The Balaban J connectivity index is 1.99. The van der Waals surface area contributed by atoms with Crippen LogP contribution >= 0.6 is 22.9 Å². The Kier molecular flexibility index (Phi) is 3.76. The SMILES string of the molecule is CC(NC(=O)C1(N)CCCC1)c1ccc(Cl)s1. The Morgan fingerprint density at radius 3 is 2.71 bits per heavy atom. The van der Waals surface area contributed by atoms with Crippen molar-refractivity contribution >= 4 is 28.8 Å². The number of carbonyl (C=O) groups excluding carboxylic acids is 1. The van der Waals surface area contributed by atoms with Crippen molar-refractivity contribution in [2.24, 2.45) is 5.73 Å². The summed E-state index contributed by atoms with van der Waals surface area (Å²) in [7, 11) is 0. The molecule has 1 aromatic rings. The average molecular weight is 273 g/mol. The summed E-state index contributed by atoms with van der Waals surface area (Å²) in [6.07, 6.45) is 3.67. The standard InChI is InChI=1S/C12H17ClN2OS/c1-8(9-4-5-10(13)17-9)15-11(16)12(14)6-2-3-7-12/h4-5,8H,2-3,6-7,14H2,1H3,(H,15,16). The molecule has 1 atom stereocenters.